The number of hydrogen-bond acceptors (Lipinski definition) is 1. The highest BCUT2D eigenvalue weighted by molar-refractivity contribution is 5.99. The molecule has 0 saturated heterocycles. The van der Waals surface area contributed by atoms with Crippen LogP contribution >= 0.6 is 0 Å². The molecule has 0 aromatic heterocycles. The van der Waals surface area contributed by atoms with Crippen molar-refractivity contribution >= 4 is 17.9 Å². The van der Waals surface area contributed by atoms with Crippen molar-refractivity contribution in [2.24, 2.45) is 16.5 Å². The van der Waals surface area contributed by atoms with Crippen molar-refractivity contribution in [3.8, 4) is 0 Å². The van der Waals surface area contributed by atoms with Crippen LogP contribution in [0.4, 0.5) is 8.78 Å². The van der Waals surface area contributed by atoms with E-state index in [1.54, 1.807) is 0 Å². The quantitative estimate of drug-likeness (QED) is 0.443. The van der Waals surface area contributed by atoms with E-state index in [4.69, 9.17) is 11.5 Å². The third kappa shape index (κ3) is 3.87. The van der Waals surface area contributed by atoms with Gasteiger partial charge in [0.25, 0.3) is 5.91 Å². The van der Waals surface area contributed by atoms with Gasteiger partial charge in [0.15, 0.2) is 5.96 Å². The van der Waals surface area contributed by atoms with Crippen molar-refractivity contribution in [2.45, 2.75) is 0 Å². The van der Waals surface area contributed by atoms with Gasteiger partial charge in [-0.1, -0.05) is 0 Å². The van der Waals surface area contributed by atoms with E-state index < -0.39 is 17.5 Å². The lowest BCUT2D eigenvalue weighted by atomic mass is 10.2. The molecule has 0 unspecified atom stereocenters. The molecule has 4 N–H and O–H groups in total. The number of halogens is 2. The Morgan fingerprint density at radius 3 is 2.25 bits per heavy atom. The summed E-state index contributed by atoms with van der Waals surface area (Å²) in [6.45, 7) is 0. The number of guanidine groups is 1. The van der Waals surface area contributed by atoms with Crippen LogP contribution in [0.25, 0.3) is 6.08 Å². The summed E-state index contributed by atoms with van der Waals surface area (Å²) in [5, 5.41) is 0. The van der Waals surface area contributed by atoms with Crippen LogP contribution in [0.3, 0.4) is 0 Å². The molecule has 1 rings (SSSR count). The third-order valence-electron chi connectivity index (χ3n) is 1.54. The maximum Gasteiger partial charge on any atom is 0.272 e. The SMILES string of the molecule is NC(N)=NC(=O)/C=C/c1cc(F)cc(F)c1. The van der Waals surface area contributed by atoms with Gasteiger partial charge < -0.3 is 11.5 Å². The molecule has 1 aromatic rings. The number of amides is 1. The summed E-state index contributed by atoms with van der Waals surface area (Å²) in [5.74, 6) is -2.53. The molecule has 0 heterocycles. The van der Waals surface area contributed by atoms with E-state index in [9.17, 15) is 13.6 Å². The Morgan fingerprint density at radius 1 is 1.19 bits per heavy atom. The molecule has 0 bridgehead atoms. The summed E-state index contributed by atoms with van der Waals surface area (Å²) >= 11 is 0. The van der Waals surface area contributed by atoms with Crippen molar-refractivity contribution in [3.05, 3.63) is 41.5 Å². The molecule has 0 aliphatic heterocycles. The Kier molecular flexibility index (Phi) is 3.71. The first-order chi connectivity index (χ1) is 7.47. The molecule has 4 nitrogen and oxygen atoms in total. The average Bonchev–Trinajstić information content (AvgIpc) is 2.12. The van der Waals surface area contributed by atoms with Crippen LogP contribution < -0.4 is 11.5 Å². The van der Waals surface area contributed by atoms with E-state index in [0.717, 1.165) is 24.3 Å². The van der Waals surface area contributed by atoms with Crippen LogP contribution in [-0.2, 0) is 4.79 Å². The van der Waals surface area contributed by atoms with Crippen LogP contribution in [0.1, 0.15) is 5.56 Å². The average molecular weight is 225 g/mol. The summed E-state index contributed by atoms with van der Waals surface area (Å²) < 4.78 is 25.5. The summed E-state index contributed by atoms with van der Waals surface area (Å²) in [5.41, 5.74) is 10.1. The van der Waals surface area contributed by atoms with Crippen molar-refractivity contribution in [1.29, 1.82) is 0 Å². The lowest BCUT2D eigenvalue weighted by Gasteiger charge is -1.94. The fourth-order valence-electron chi connectivity index (χ4n) is 1.00. The first kappa shape index (κ1) is 11.8. The molecule has 6 heteroatoms. The first-order valence-corrected chi connectivity index (χ1v) is 4.25. The van der Waals surface area contributed by atoms with Gasteiger partial charge in [-0.2, -0.15) is 4.99 Å². The number of carbonyl (C=O) groups is 1. The normalized spacial score (nSPS) is 10.4. The van der Waals surface area contributed by atoms with Gasteiger partial charge in [0.05, 0.1) is 0 Å². The van der Waals surface area contributed by atoms with E-state index in [-0.39, 0.29) is 11.5 Å². The van der Waals surface area contributed by atoms with Gasteiger partial charge in [-0.05, 0) is 23.8 Å². The highest BCUT2D eigenvalue weighted by Crippen LogP contribution is 2.09. The molecular formula is C10H9F2N3O. The highest BCUT2D eigenvalue weighted by Gasteiger charge is 1.98. The Balaban J connectivity index is 2.84. The summed E-state index contributed by atoms with van der Waals surface area (Å²) in [4.78, 5) is 14.2. The smallest absolute Gasteiger partial charge is 0.272 e. The van der Waals surface area contributed by atoms with Gasteiger partial charge in [0.2, 0.25) is 0 Å². The summed E-state index contributed by atoms with van der Waals surface area (Å²) in [6, 6.07) is 2.87. The Bertz CT molecular complexity index is 445. The summed E-state index contributed by atoms with van der Waals surface area (Å²) in [7, 11) is 0. The fraction of sp³-hybridized carbons (Fsp3) is 0. The largest absolute Gasteiger partial charge is 0.370 e. The number of nitrogens with two attached hydrogens (primary N) is 2. The van der Waals surface area contributed by atoms with Crippen LogP contribution in [0.2, 0.25) is 0 Å². The molecule has 0 spiro atoms. The molecule has 1 amide bonds. The Morgan fingerprint density at radius 2 is 1.75 bits per heavy atom. The number of nitrogens with zero attached hydrogens (tertiary/aromatic N) is 1. The molecule has 0 aliphatic carbocycles. The molecule has 0 fully saturated rings. The van der Waals surface area contributed by atoms with E-state index >= 15 is 0 Å². The third-order valence-corrected chi connectivity index (χ3v) is 1.54. The van der Waals surface area contributed by atoms with Crippen molar-refractivity contribution < 1.29 is 13.6 Å². The lowest BCUT2D eigenvalue weighted by molar-refractivity contribution is -0.113. The number of hydrogen-bond donors (Lipinski definition) is 2. The second-order valence-corrected chi connectivity index (χ2v) is 2.91. The minimum atomic E-state index is -0.728. The maximum atomic E-state index is 12.7. The van der Waals surface area contributed by atoms with Crippen LogP contribution in [-0.4, -0.2) is 11.9 Å². The van der Waals surface area contributed by atoms with Crippen LogP contribution in [0, 0.1) is 11.6 Å². The monoisotopic (exact) mass is 225 g/mol. The van der Waals surface area contributed by atoms with Gasteiger partial charge >= 0.3 is 0 Å². The number of aliphatic imine (C=N–C) groups is 1. The predicted molar refractivity (Wildman–Crippen MR) is 56.2 cm³/mol. The van der Waals surface area contributed by atoms with E-state index in [0.29, 0.717) is 0 Å². The first-order valence-electron chi connectivity index (χ1n) is 4.25. The highest BCUT2D eigenvalue weighted by atomic mass is 19.1. The van der Waals surface area contributed by atoms with Crippen LogP contribution in [0.15, 0.2) is 29.3 Å². The minimum Gasteiger partial charge on any atom is -0.370 e. The molecule has 0 saturated carbocycles. The predicted octanol–water partition coefficient (Wildman–Crippen LogP) is 0.778. The number of rotatable bonds is 2. The second kappa shape index (κ2) is 5.01. The van der Waals surface area contributed by atoms with E-state index in [1.165, 1.54) is 6.08 Å². The molecule has 84 valence electrons. The molecular weight excluding hydrogens is 216 g/mol. The minimum absolute atomic E-state index is 0.205. The Labute approximate surface area is 90.3 Å². The fourth-order valence-corrected chi connectivity index (χ4v) is 1.00. The van der Waals surface area contributed by atoms with Gasteiger partial charge in [0, 0.05) is 12.1 Å². The van der Waals surface area contributed by atoms with Crippen LogP contribution in [0.5, 0.6) is 0 Å². The van der Waals surface area contributed by atoms with E-state index in [1.807, 2.05) is 0 Å². The van der Waals surface area contributed by atoms with Crippen molar-refractivity contribution in [1.82, 2.24) is 0 Å². The van der Waals surface area contributed by atoms with Crippen molar-refractivity contribution in [2.75, 3.05) is 0 Å². The zero-order valence-electron chi connectivity index (χ0n) is 8.15. The molecule has 0 atom stereocenters. The summed E-state index contributed by atoms with van der Waals surface area (Å²) in [6.07, 6.45) is 2.22. The topological polar surface area (TPSA) is 81.5 Å². The molecule has 16 heavy (non-hydrogen) atoms. The second-order valence-electron chi connectivity index (χ2n) is 2.91. The number of benzene rings is 1. The van der Waals surface area contributed by atoms with E-state index in [2.05, 4.69) is 4.99 Å². The maximum absolute atomic E-state index is 12.7. The van der Waals surface area contributed by atoms with Gasteiger partial charge in [-0.3, -0.25) is 4.79 Å². The number of carbonyl (C=O) groups excluding carboxylic acids is 1. The zero-order valence-corrected chi connectivity index (χ0v) is 8.15. The van der Waals surface area contributed by atoms with Gasteiger partial charge in [-0.25, -0.2) is 8.78 Å². The standard InChI is InChI=1S/C10H9F2N3O/c11-7-3-6(4-8(12)5-7)1-2-9(16)15-10(13)14/h1-5H,(H4,13,14,15,16)/b2-1+. The zero-order chi connectivity index (χ0) is 12.1. The van der Waals surface area contributed by atoms with Crippen molar-refractivity contribution in [3.63, 3.8) is 0 Å². The molecule has 1 aromatic carbocycles. The Hall–Kier alpha value is -2.24. The lowest BCUT2D eigenvalue weighted by Crippen LogP contribution is -2.23. The van der Waals surface area contributed by atoms with Gasteiger partial charge in [0.1, 0.15) is 11.6 Å². The molecule has 0 radical (unpaired) electrons. The van der Waals surface area contributed by atoms with Gasteiger partial charge in [-0.15, -0.1) is 0 Å². The molecule has 0 aliphatic rings.